The van der Waals surface area contributed by atoms with E-state index in [9.17, 15) is 18.0 Å². The third-order valence-corrected chi connectivity index (χ3v) is 3.59. The Morgan fingerprint density at radius 1 is 1.20 bits per heavy atom. The van der Waals surface area contributed by atoms with Crippen molar-refractivity contribution in [3.05, 3.63) is 23.0 Å². The molecular formula is C12H13ClF3N3O. The molecule has 0 bridgehead atoms. The molecule has 2 rings (SSSR count). The molecule has 110 valence electrons. The highest BCUT2D eigenvalue weighted by molar-refractivity contribution is 6.29. The summed E-state index contributed by atoms with van der Waals surface area (Å²) in [6.07, 6.45) is -3.42. The number of alkyl halides is 3. The van der Waals surface area contributed by atoms with Crippen molar-refractivity contribution in [2.45, 2.75) is 37.9 Å². The minimum absolute atomic E-state index is 0.0424. The van der Waals surface area contributed by atoms with Gasteiger partial charge in [-0.2, -0.15) is 13.2 Å². The van der Waals surface area contributed by atoms with Crippen LogP contribution < -0.4 is 5.32 Å². The maximum absolute atomic E-state index is 12.5. The molecule has 1 heterocycles. The summed E-state index contributed by atoms with van der Waals surface area (Å²) in [7, 11) is 0. The van der Waals surface area contributed by atoms with Gasteiger partial charge in [0.25, 0.3) is 5.91 Å². The van der Waals surface area contributed by atoms with Crippen molar-refractivity contribution in [1.29, 1.82) is 0 Å². The molecule has 4 nitrogen and oxygen atoms in total. The third kappa shape index (κ3) is 3.82. The zero-order valence-electron chi connectivity index (χ0n) is 10.5. The molecule has 0 aliphatic heterocycles. The molecule has 1 N–H and O–H groups in total. The predicted octanol–water partition coefficient (Wildman–Crippen LogP) is 2.98. The highest BCUT2D eigenvalue weighted by Gasteiger charge is 2.41. The standard InChI is InChI=1S/C12H13ClF3N3O/c13-10-6-5-9(18-19-10)11(20)17-8-3-1-7(2-4-8)12(14,15)16/h5-8H,1-4H2,(H,17,20). The van der Waals surface area contributed by atoms with Crippen LogP contribution in [0.5, 0.6) is 0 Å². The molecule has 1 aromatic heterocycles. The van der Waals surface area contributed by atoms with E-state index in [1.807, 2.05) is 0 Å². The number of aromatic nitrogens is 2. The van der Waals surface area contributed by atoms with E-state index >= 15 is 0 Å². The lowest BCUT2D eigenvalue weighted by Crippen LogP contribution is -2.40. The molecule has 0 radical (unpaired) electrons. The van der Waals surface area contributed by atoms with Crippen molar-refractivity contribution < 1.29 is 18.0 Å². The second kappa shape index (κ2) is 5.95. The van der Waals surface area contributed by atoms with E-state index in [1.165, 1.54) is 12.1 Å². The predicted molar refractivity (Wildman–Crippen MR) is 66.3 cm³/mol. The quantitative estimate of drug-likeness (QED) is 0.914. The molecule has 0 aromatic carbocycles. The molecule has 0 unspecified atom stereocenters. The van der Waals surface area contributed by atoms with Gasteiger partial charge in [-0.05, 0) is 37.8 Å². The number of rotatable bonds is 2. The minimum atomic E-state index is -4.14. The number of nitrogens with one attached hydrogen (secondary N) is 1. The third-order valence-electron chi connectivity index (χ3n) is 3.39. The average Bonchev–Trinajstić information content (AvgIpc) is 2.39. The fourth-order valence-electron chi connectivity index (χ4n) is 2.26. The van der Waals surface area contributed by atoms with Crippen LogP contribution in [0.25, 0.3) is 0 Å². The number of carbonyl (C=O) groups is 1. The summed E-state index contributed by atoms with van der Waals surface area (Å²) in [6.45, 7) is 0. The molecule has 0 saturated heterocycles. The number of halogens is 4. The van der Waals surface area contributed by atoms with Crippen molar-refractivity contribution >= 4 is 17.5 Å². The Kier molecular flexibility index (Phi) is 4.47. The van der Waals surface area contributed by atoms with Crippen molar-refractivity contribution in [3.8, 4) is 0 Å². The van der Waals surface area contributed by atoms with Crippen molar-refractivity contribution in [1.82, 2.24) is 15.5 Å². The van der Waals surface area contributed by atoms with E-state index in [1.54, 1.807) is 0 Å². The van der Waals surface area contributed by atoms with Gasteiger partial charge in [-0.15, -0.1) is 10.2 Å². The summed E-state index contributed by atoms with van der Waals surface area (Å²) >= 11 is 5.56. The van der Waals surface area contributed by atoms with Crippen LogP contribution in [-0.2, 0) is 0 Å². The number of amides is 1. The normalized spacial score (nSPS) is 23.4. The molecule has 0 spiro atoms. The summed E-state index contributed by atoms with van der Waals surface area (Å²) in [6, 6.07) is 2.61. The summed E-state index contributed by atoms with van der Waals surface area (Å²) in [5, 5.41) is 10.0. The molecule has 1 aliphatic carbocycles. The van der Waals surface area contributed by atoms with Gasteiger partial charge in [-0.1, -0.05) is 11.6 Å². The highest BCUT2D eigenvalue weighted by atomic mass is 35.5. The average molecular weight is 308 g/mol. The molecule has 20 heavy (non-hydrogen) atoms. The van der Waals surface area contributed by atoms with Crippen LogP contribution in [0.3, 0.4) is 0 Å². The lowest BCUT2D eigenvalue weighted by molar-refractivity contribution is -0.182. The van der Waals surface area contributed by atoms with Gasteiger partial charge < -0.3 is 5.32 Å². The zero-order valence-corrected chi connectivity index (χ0v) is 11.2. The summed E-state index contributed by atoms with van der Waals surface area (Å²) in [4.78, 5) is 11.8. The van der Waals surface area contributed by atoms with Crippen LogP contribution in [0.2, 0.25) is 5.15 Å². The number of nitrogens with zero attached hydrogens (tertiary/aromatic N) is 2. The van der Waals surface area contributed by atoms with Crippen LogP contribution in [0.15, 0.2) is 12.1 Å². The maximum atomic E-state index is 12.5. The lowest BCUT2D eigenvalue weighted by atomic mass is 9.85. The van der Waals surface area contributed by atoms with Gasteiger partial charge in [0.2, 0.25) is 0 Å². The SMILES string of the molecule is O=C(NC1CCC(C(F)(F)F)CC1)c1ccc(Cl)nn1. The molecule has 1 amide bonds. The van der Waals surface area contributed by atoms with E-state index < -0.39 is 18.0 Å². The van der Waals surface area contributed by atoms with Gasteiger partial charge in [0, 0.05) is 6.04 Å². The largest absolute Gasteiger partial charge is 0.391 e. The van der Waals surface area contributed by atoms with Crippen LogP contribution in [0, 0.1) is 5.92 Å². The van der Waals surface area contributed by atoms with Crippen molar-refractivity contribution in [2.75, 3.05) is 0 Å². The topological polar surface area (TPSA) is 54.9 Å². The molecule has 8 heteroatoms. The first kappa shape index (κ1) is 15.0. The van der Waals surface area contributed by atoms with Gasteiger partial charge in [-0.3, -0.25) is 4.79 Å². The second-order valence-corrected chi connectivity index (χ2v) is 5.19. The first-order chi connectivity index (χ1) is 9.36. The Bertz CT molecular complexity index is 470. The monoisotopic (exact) mass is 307 g/mol. The number of hydrogen-bond donors (Lipinski definition) is 1. The van der Waals surface area contributed by atoms with Crippen LogP contribution >= 0.6 is 11.6 Å². The van der Waals surface area contributed by atoms with E-state index in [2.05, 4.69) is 15.5 Å². The Labute approximate surface area is 118 Å². The van der Waals surface area contributed by atoms with E-state index in [-0.39, 0.29) is 29.7 Å². The van der Waals surface area contributed by atoms with Crippen LogP contribution in [-0.4, -0.2) is 28.3 Å². The van der Waals surface area contributed by atoms with E-state index in [0.717, 1.165) is 0 Å². The molecular weight excluding hydrogens is 295 g/mol. The fraction of sp³-hybridized carbons (Fsp3) is 0.583. The zero-order chi connectivity index (χ0) is 14.8. The fourth-order valence-corrected chi connectivity index (χ4v) is 2.36. The summed E-state index contributed by atoms with van der Waals surface area (Å²) in [5.41, 5.74) is 0.104. The summed E-state index contributed by atoms with van der Waals surface area (Å²) in [5.74, 6) is -1.70. The Balaban J connectivity index is 1.86. The minimum Gasteiger partial charge on any atom is -0.348 e. The first-order valence-corrected chi connectivity index (χ1v) is 6.61. The Hall–Kier alpha value is -1.37. The first-order valence-electron chi connectivity index (χ1n) is 6.23. The lowest BCUT2D eigenvalue weighted by Gasteiger charge is -2.30. The van der Waals surface area contributed by atoms with E-state index in [4.69, 9.17) is 11.6 Å². The maximum Gasteiger partial charge on any atom is 0.391 e. The number of carbonyl (C=O) groups excluding carboxylic acids is 1. The van der Waals surface area contributed by atoms with E-state index in [0.29, 0.717) is 12.8 Å². The summed E-state index contributed by atoms with van der Waals surface area (Å²) < 4.78 is 37.5. The van der Waals surface area contributed by atoms with Crippen LogP contribution in [0.1, 0.15) is 36.2 Å². The van der Waals surface area contributed by atoms with Gasteiger partial charge >= 0.3 is 6.18 Å². The second-order valence-electron chi connectivity index (χ2n) is 4.80. The Morgan fingerprint density at radius 3 is 2.35 bits per heavy atom. The van der Waals surface area contributed by atoms with Gasteiger partial charge in [0.15, 0.2) is 10.8 Å². The molecule has 1 aliphatic rings. The van der Waals surface area contributed by atoms with Crippen molar-refractivity contribution in [2.24, 2.45) is 5.92 Å². The molecule has 1 aromatic rings. The highest BCUT2D eigenvalue weighted by Crippen LogP contribution is 2.37. The van der Waals surface area contributed by atoms with Crippen molar-refractivity contribution in [3.63, 3.8) is 0 Å². The Morgan fingerprint density at radius 2 is 1.85 bits per heavy atom. The van der Waals surface area contributed by atoms with Crippen LogP contribution in [0.4, 0.5) is 13.2 Å². The van der Waals surface area contributed by atoms with Gasteiger partial charge in [-0.25, -0.2) is 0 Å². The number of hydrogen-bond acceptors (Lipinski definition) is 3. The van der Waals surface area contributed by atoms with Gasteiger partial charge in [0.1, 0.15) is 0 Å². The van der Waals surface area contributed by atoms with Gasteiger partial charge in [0.05, 0.1) is 5.92 Å². The smallest absolute Gasteiger partial charge is 0.348 e. The molecule has 1 fully saturated rings. The molecule has 0 atom stereocenters. The molecule has 1 saturated carbocycles.